The Labute approximate surface area is 166 Å². The van der Waals surface area contributed by atoms with E-state index in [4.69, 9.17) is 16.3 Å². The van der Waals surface area contributed by atoms with Crippen LogP contribution in [0.25, 0.3) is 0 Å². The molecule has 0 atom stereocenters. The Morgan fingerprint density at radius 3 is 2.52 bits per heavy atom. The summed E-state index contributed by atoms with van der Waals surface area (Å²) in [6.45, 7) is 8.64. The van der Waals surface area contributed by atoms with Crippen molar-refractivity contribution >= 4 is 23.2 Å². The third-order valence-electron chi connectivity index (χ3n) is 4.18. The first-order valence-electron chi connectivity index (χ1n) is 9.16. The van der Waals surface area contributed by atoms with Crippen LogP contribution in [0, 0.1) is 12.8 Å². The molecule has 27 heavy (non-hydrogen) atoms. The normalized spacial score (nSPS) is 11.6. The second-order valence-electron chi connectivity index (χ2n) is 7.12. The van der Waals surface area contributed by atoms with Crippen LogP contribution < -0.4 is 10.2 Å². The summed E-state index contributed by atoms with van der Waals surface area (Å²) in [6, 6.07) is 12.9. The van der Waals surface area contributed by atoms with Crippen molar-refractivity contribution < 1.29 is 9.53 Å². The number of nitrogens with zero attached hydrogens (tertiary/aromatic N) is 1. The number of rotatable bonds is 8. The number of benzene rings is 2. The fourth-order valence-corrected chi connectivity index (χ4v) is 2.51. The van der Waals surface area contributed by atoms with Gasteiger partial charge in [0.2, 0.25) is 0 Å². The number of carbonyl (C=O) groups excluding carboxylic acids is 1. The molecule has 1 N–H and O–H groups in total. The fraction of sp³-hybridized carbons (Fsp3) is 0.364. The number of hydrogen-bond donors (Lipinski definition) is 1. The summed E-state index contributed by atoms with van der Waals surface area (Å²) in [6.07, 6.45) is 1.95. The quantitative estimate of drug-likeness (QED) is 0.462. The molecule has 4 nitrogen and oxygen atoms in total. The van der Waals surface area contributed by atoms with Crippen LogP contribution in [0.15, 0.2) is 47.6 Å². The Morgan fingerprint density at radius 2 is 1.89 bits per heavy atom. The van der Waals surface area contributed by atoms with E-state index < -0.39 is 0 Å². The summed E-state index contributed by atoms with van der Waals surface area (Å²) in [4.78, 5) is 12.2. The van der Waals surface area contributed by atoms with E-state index in [0.29, 0.717) is 18.1 Å². The smallest absolute Gasteiger partial charge is 0.271 e. The average molecular weight is 387 g/mol. The van der Waals surface area contributed by atoms with Gasteiger partial charge in [-0.3, -0.25) is 4.79 Å². The van der Waals surface area contributed by atoms with Crippen LogP contribution in [0.1, 0.15) is 55.1 Å². The molecule has 0 aliphatic rings. The maximum absolute atomic E-state index is 12.2. The first-order valence-corrected chi connectivity index (χ1v) is 9.54. The molecule has 144 valence electrons. The van der Waals surface area contributed by atoms with Crippen molar-refractivity contribution in [1.82, 2.24) is 5.43 Å². The van der Waals surface area contributed by atoms with Crippen molar-refractivity contribution in [2.24, 2.45) is 11.0 Å². The molecular weight excluding hydrogens is 360 g/mol. The van der Waals surface area contributed by atoms with Crippen molar-refractivity contribution in [3.63, 3.8) is 0 Å². The van der Waals surface area contributed by atoms with E-state index in [0.717, 1.165) is 40.5 Å². The average Bonchev–Trinajstić information content (AvgIpc) is 2.65. The van der Waals surface area contributed by atoms with E-state index in [9.17, 15) is 4.79 Å². The van der Waals surface area contributed by atoms with Gasteiger partial charge in [-0.2, -0.15) is 5.10 Å². The van der Waals surface area contributed by atoms with Crippen molar-refractivity contribution in [1.29, 1.82) is 0 Å². The van der Waals surface area contributed by atoms with E-state index in [1.807, 2.05) is 44.2 Å². The molecule has 0 fully saturated rings. The zero-order chi connectivity index (χ0) is 19.8. The zero-order valence-corrected chi connectivity index (χ0v) is 17.1. The molecule has 0 saturated heterocycles. The molecule has 0 spiro atoms. The number of halogens is 1. The highest BCUT2D eigenvalue weighted by Crippen LogP contribution is 2.21. The third-order valence-corrected chi connectivity index (χ3v) is 4.61. The first kappa shape index (κ1) is 21.0. The van der Waals surface area contributed by atoms with Crippen LogP contribution in [0.2, 0.25) is 5.02 Å². The maximum Gasteiger partial charge on any atom is 0.271 e. The molecule has 2 rings (SSSR count). The van der Waals surface area contributed by atoms with Gasteiger partial charge in [0.1, 0.15) is 12.4 Å². The van der Waals surface area contributed by atoms with E-state index in [2.05, 4.69) is 24.4 Å². The number of ether oxygens (including phenoxy) is 1. The summed E-state index contributed by atoms with van der Waals surface area (Å²) >= 11 is 6.02. The molecular formula is C22H27ClN2O2. The predicted molar refractivity (Wildman–Crippen MR) is 112 cm³/mol. The minimum atomic E-state index is -0.209. The highest BCUT2D eigenvalue weighted by Gasteiger charge is 2.06. The number of carbonyl (C=O) groups is 1. The van der Waals surface area contributed by atoms with Crippen molar-refractivity contribution in [3.8, 4) is 5.75 Å². The highest BCUT2D eigenvalue weighted by molar-refractivity contribution is 6.31. The summed E-state index contributed by atoms with van der Waals surface area (Å²) in [7, 11) is 0. The van der Waals surface area contributed by atoms with Gasteiger partial charge >= 0.3 is 0 Å². The number of amides is 1. The molecule has 0 bridgehead atoms. The Bertz CT molecular complexity index is 798. The molecule has 0 unspecified atom stereocenters. The van der Waals surface area contributed by atoms with Gasteiger partial charge in [-0.15, -0.1) is 0 Å². The Morgan fingerprint density at radius 1 is 1.19 bits per heavy atom. The molecule has 0 aromatic heterocycles. The second-order valence-corrected chi connectivity index (χ2v) is 7.52. The van der Waals surface area contributed by atoms with E-state index in [-0.39, 0.29) is 5.91 Å². The summed E-state index contributed by atoms with van der Waals surface area (Å²) in [5.41, 5.74) is 6.08. The van der Waals surface area contributed by atoms with Gasteiger partial charge in [0.25, 0.3) is 5.91 Å². The SMILES string of the molecule is C/C(CCC(C)C)=N/NC(=O)c1ccc(COc2ccc(Cl)c(C)c2)cc1. The summed E-state index contributed by atoms with van der Waals surface area (Å²) < 4.78 is 5.77. The molecule has 0 saturated carbocycles. The van der Waals surface area contributed by atoms with Crippen LogP contribution in [0.3, 0.4) is 0 Å². The lowest BCUT2D eigenvalue weighted by Crippen LogP contribution is -2.19. The molecule has 0 aliphatic carbocycles. The van der Waals surface area contributed by atoms with E-state index in [1.165, 1.54) is 0 Å². The molecule has 1 amide bonds. The van der Waals surface area contributed by atoms with Gasteiger partial charge in [0.05, 0.1) is 0 Å². The van der Waals surface area contributed by atoms with Gasteiger partial charge in [-0.1, -0.05) is 37.6 Å². The number of nitrogens with one attached hydrogen (secondary N) is 1. The monoisotopic (exact) mass is 386 g/mol. The lowest BCUT2D eigenvalue weighted by atomic mass is 10.1. The molecule has 2 aromatic carbocycles. The Hall–Kier alpha value is -2.33. The maximum atomic E-state index is 12.2. The number of hydrogen-bond acceptors (Lipinski definition) is 3. The Kier molecular flexibility index (Phi) is 7.86. The van der Waals surface area contributed by atoms with Crippen LogP contribution in [-0.4, -0.2) is 11.6 Å². The van der Waals surface area contributed by atoms with Gasteiger partial charge < -0.3 is 4.74 Å². The van der Waals surface area contributed by atoms with Gasteiger partial charge in [-0.25, -0.2) is 5.43 Å². The molecule has 0 radical (unpaired) electrons. The lowest BCUT2D eigenvalue weighted by molar-refractivity contribution is 0.0954. The van der Waals surface area contributed by atoms with Crippen LogP contribution in [0.5, 0.6) is 5.75 Å². The minimum absolute atomic E-state index is 0.209. The molecule has 5 heteroatoms. The number of hydrazone groups is 1. The topological polar surface area (TPSA) is 50.7 Å². The van der Waals surface area contributed by atoms with Crippen LogP contribution in [-0.2, 0) is 6.61 Å². The van der Waals surface area contributed by atoms with Crippen molar-refractivity contribution in [3.05, 3.63) is 64.2 Å². The molecule has 0 aliphatic heterocycles. The largest absolute Gasteiger partial charge is 0.489 e. The van der Waals surface area contributed by atoms with E-state index >= 15 is 0 Å². The van der Waals surface area contributed by atoms with Crippen LogP contribution >= 0.6 is 11.6 Å². The number of aryl methyl sites for hydroxylation is 1. The standard InChI is InChI=1S/C22H27ClN2O2/c1-15(2)5-6-17(4)24-25-22(26)19-9-7-18(8-10-19)14-27-20-11-12-21(23)16(3)13-20/h7-13,15H,5-6,14H2,1-4H3,(H,25,26)/b24-17-. The van der Waals surface area contributed by atoms with Crippen LogP contribution in [0.4, 0.5) is 0 Å². The first-order chi connectivity index (χ1) is 12.8. The molecule has 2 aromatic rings. The summed E-state index contributed by atoms with van der Waals surface area (Å²) in [5.74, 6) is 1.18. The lowest BCUT2D eigenvalue weighted by Gasteiger charge is -2.09. The molecule has 0 heterocycles. The summed E-state index contributed by atoms with van der Waals surface area (Å²) in [5, 5.41) is 4.89. The second kappa shape index (κ2) is 10.1. The van der Waals surface area contributed by atoms with Crippen molar-refractivity contribution in [2.45, 2.75) is 47.1 Å². The fourth-order valence-electron chi connectivity index (χ4n) is 2.39. The van der Waals surface area contributed by atoms with Crippen molar-refractivity contribution in [2.75, 3.05) is 0 Å². The zero-order valence-electron chi connectivity index (χ0n) is 16.4. The van der Waals surface area contributed by atoms with E-state index in [1.54, 1.807) is 12.1 Å². The predicted octanol–water partition coefficient (Wildman–Crippen LogP) is 5.77. The Balaban J connectivity index is 1.87. The third kappa shape index (κ3) is 7.06. The minimum Gasteiger partial charge on any atom is -0.489 e. The van der Waals surface area contributed by atoms with Gasteiger partial charge in [0.15, 0.2) is 0 Å². The highest BCUT2D eigenvalue weighted by atomic mass is 35.5. The van der Waals surface area contributed by atoms with Gasteiger partial charge in [-0.05, 0) is 74.1 Å². The van der Waals surface area contributed by atoms with Gasteiger partial charge in [0, 0.05) is 16.3 Å².